The van der Waals surface area contributed by atoms with E-state index in [2.05, 4.69) is 12.1 Å². The molecule has 0 radical (unpaired) electrons. The molecule has 3 aromatic rings. The predicted octanol–water partition coefficient (Wildman–Crippen LogP) is 4.85. The zero-order chi connectivity index (χ0) is 21.8. The number of aromatic nitrogens is 1. The van der Waals surface area contributed by atoms with Crippen LogP contribution in [-0.2, 0) is 4.79 Å². The number of fused-ring (bicyclic) bond motifs is 1. The third kappa shape index (κ3) is 6.10. The minimum absolute atomic E-state index is 0. The SMILES string of the molecule is Cc1cc(C)c2nc(N(CCN(C)C)C(=O)C=Cc3ccc([N+](=O)[O-])cc3)sc2c1.Cl. The number of aryl methyl sites for hydroxylation is 2. The van der Waals surface area contributed by atoms with Crippen LogP contribution in [0.25, 0.3) is 16.3 Å². The van der Waals surface area contributed by atoms with E-state index in [-0.39, 0.29) is 24.0 Å². The second kappa shape index (κ2) is 10.5. The number of thiazole rings is 1. The molecule has 164 valence electrons. The van der Waals surface area contributed by atoms with Crippen LogP contribution in [0.3, 0.4) is 0 Å². The van der Waals surface area contributed by atoms with Crippen molar-refractivity contribution in [1.82, 2.24) is 9.88 Å². The van der Waals surface area contributed by atoms with E-state index in [9.17, 15) is 14.9 Å². The normalized spacial score (nSPS) is 11.1. The number of anilines is 1. The number of nitrogens with zero attached hydrogens (tertiary/aromatic N) is 4. The van der Waals surface area contributed by atoms with Gasteiger partial charge in [-0.1, -0.05) is 17.4 Å². The molecule has 2 aromatic carbocycles. The van der Waals surface area contributed by atoms with E-state index in [1.807, 2.05) is 32.8 Å². The van der Waals surface area contributed by atoms with E-state index in [1.54, 1.807) is 23.1 Å². The monoisotopic (exact) mass is 460 g/mol. The minimum atomic E-state index is -0.446. The van der Waals surface area contributed by atoms with Crippen molar-refractivity contribution in [3.63, 3.8) is 0 Å². The van der Waals surface area contributed by atoms with Gasteiger partial charge in [0.25, 0.3) is 11.6 Å². The Kier molecular flexibility index (Phi) is 8.27. The maximum Gasteiger partial charge on any atom is 0.269 e. The number of nitro benzene ring substituents is 1. The Morgan fingerprint density at radius 2 is 1.84 bits per heavy atom. The van der Waals surface area contributed by atoms with Gasteiger partial charge in [0.1, 0.15) is 0 Å². The molecule has 3 rings (SSSR count). The van der Waals surface area contributed by atoms with Gasteiger partial charge >= 0.3 is 0 Å². The number of carbonyl (C=O) groups excluding carboxylic acids is 1. The lowest BCUT2D eigenvalue weighted by Gasteiger charge is -2.20. The number of non-ortho nitro benzene ring substituents is 1. The quantitative estimate of drug-likeness (QED) is 0.286. The first-order valence-corrected chi connectivity index (χ1v) is 10.3. The van der Waals surface area contributed by atoms with Crippen LogP contribution in [0.1, 0.15) is 16.7 Å². The van der Waals surface area contributed by atoms with Crippen molar-refractivity contribution in [3.05, 3.63) is 69.3 Å². The number of likely N-dealkylation sites (N-methyl/N-ethyl adjacent to an activating group) is 1. The summed E-state index contributed by atoms with van der Waals surface area (Å²) in [6, 6.07) is 10.3. The number of hydrogen-bond acceptors (Lipinski definition) is 6. The van der Waals surface area contributed by atoms with Gasteiger partial charge in [-0.25, -0.2) is 4.98 Å². The third-order valence-electron chi connectivity index (χ3n) is 4.61. The maximum absolute atomic E-state index is 13.0. The molecular weight excluding hydrogens is 436 g/mol. The highest BCUT2D eigenvalue weighted by Crippen LogP contribution is 2.32. The number of halogens is 1. The molecule has 1 amide bonds. The van der Waals surface area contributed by atoms with E-state index in [4.69, 9.17) is 4.98 Å². The number of benzene rings is 2. The molecule has 0 saturated heterocycles. The van der Waals surface area contributed by atoms with E-state index in [0.29, 0.717) is 18.2 Å². The van der Waals surface area contributed by atoms with Crippen LogP contribution in [0, 0.1) is 24.0 Å². The van der Waals surface area contributed by atoms with Gasteiger partial charge in [0, 0.05) is 31.3 Å². The molecule has 0 N–H and O–H groups in total. The van der Waals surface area contributed by atoms with Crippen LogP contribution < -0.4 is 4.90 Å². The van der Waals surface area contributed by atoms with Gasteiger partial charge in [-0.05, 0) is 68.9 Å². The molecule has 0 atom stereocenters. The smallest absolute Gasteiger partial charge is 0.269 e. The molecule has 31 heavy (non-hydrogen) atoms. The molecule has 0 aliphatic rings. The Labute approximate surface area is 191 Å². The summed E-state index contributed by atoms with van der Waals surface area (Å²) in [5, 5.41) is 11.5. The van der Waals surface area contributed by atoms with Crippen LogP contribution in [0.2, 0.25) is 0 Å². The number of amides is 1. The number of hydrogen-bond donors (Lipinski definition) is 0. The molecule has 7 nitrogen and oxygen atoms in total. The molecular formula is C22H25ClN4O3S. The number of nitro groups is 1. The van der Waals surface area contributed by atoms with Crippen LogP contribution in [0.4, 0.5) is 10.8 Å². The van der Waals surface area contributed by atoms with Crippen molar-refractivity contribution in [1.29, 1.82) is 0 Å². The van der Waals surface area contributed by atoms with E-state index < -0.39 is 4.92 Å². The zero-order valence-corrected chi connectivity index (χ0v) is 19.5. The molecule has 0 aliphatic heterocycles. The van der Waals surface area contributed by atoms with E-state index in [0.717, 1.165) is 21.3 Å². The number of rotatable bonds is 7. The Balaban J connectivity index is 0.00000341. The second-order valence-corrected chi connectivity index (χ2v) is 8.41. The fourth-order valence-electron chi connectivity index (χ4n) is 3.04. The standard InChI is InChI=1S/C22H24N4O3S.ClH/c1-15-13-16(2)21-19(14-15)30-22(23-21)25(12-11-24(3)4)20(27)10-7-17-5-8-18(9-6-17)26(28)29;/h5-10,13-14H,11-12H2,1-4H3;1H. The minimum Gasteiger partial charge on any atom is -0.308 e. The Bertz CT molecular complexity index is 1110. The highest BCUT2D eigenvalue weighted by Gasteiger charge is 2.19. The third-order valence-corrected chi connectivity index (χ3v) is 5.63. The largest absolute Gasteiger partial charge is 0.308 e. The Morgan fingerprint density at radius 1 is 1.16 bits per heavy atom. The van der Waals surface area contributed by atoms with Gasteiger partial charge in [-0.3, -0.25) is 19.8 Å². The van der Waals surface area contributed by atoms with E-state index >= 15 is 0 Å². The van der Waals surface area contributed by atoms with Crippen molar-refractivity contribution < 1.29 is 9.72 Å². The summed E-state index contributed by atoms with van der Waals surface area (Å²) < 4.78 is 1.06. The topological polar surface area (TPSA) is 79.6 Å². The molecule has 0 fully saturated rings. The van der Waals surface area contributed by atoms with Crippen molar-refractivity contribution in [2.45, 2.75) is 13.8 Å². The summed E-state index contributed by atoms with van der Waals surface area (Å²) in [6.45, 7) is 5.28. The average Bonchev–Trinajstić information content (AvgIpc) is 3.10. The molecule has 9 heteroatoms. The molecule has 0 unspecified atom stereocenters. The fourth-order valence-corrected chi connectivity index (χ4v) is 4.21. The maximum atomic E-state index is 13.0. The van der Waals surface area contributed by atoms with Gasteiger partial charge in [0.2, 0.25) is 0 Å². The zero-order valence-electron chi connectivity index (χ0n) is 17.9. The number of carbonyl (C=O) groups is 1. The van der Waals surface area contributed by atoms with Gasteiger partial charge in [0.05, 0.1) is 15.1 Å². The molecule has 1 heterocycles. The predicted molar refractivity (Wildman–Crippen MR) is 129 cm³/mol. The fraction of sp³-hybridized carbons (Fsp3) is 0.273. The van der Waals surface area contributed by atoms with Crippen molar-refractivity contribution in [2.75, 3.05) is 32.1 Å². The highest BCUT2D eigenvalue weighted by atomic mass is 35.5. The highest BCUT2D eigenvalue weighted by molar-refractivity contribution is 7.22. The van der Waals surface area contributed by atoms with Crippen LogP contribution >= 0.6 is 23.7 Å². The van der Waals surface area contributed by atoms with E-state index in [1.165, 1.54) is 35.1 Å². The van der Waals surface area contributed by atoms with Crippen LogP contribution in [0.5, 0.6) is 0 Å². The second-order valence-electron chi connectivity index (χ2n) is 7.40. The molecule has 0 spiro atoms. The van der Waals surface area contributed by atoms with Crippen molar-refractivity contribution in [3.8, 4) is 0 Å². The van der Waals surface area contributed by atoms with Gasteiger partial charge in [-0.2, -0.15) is 0 Å². The van der Waals surface area contributed by atoms with Gasteiger partial charge in [0.15, 0.2) is 5.13 Å². The Hall–Kier alpha value is -2.81. The Morgan fingerprint density at radius 3 is 2.45 bits per heavy atom. The van der Waals surface area contributed by atoms with Gasteiger partial charge < -0.3 is 4.90 Å². The first kappa shape index (κ1) is 24.5. The summed E-state index contributed by atoms with van der Waals surface area (Å²) in [5.41, 5.74) is 3.92. The summed E-state index contributed by atoms with van der Waals surface area (Å²) in [5.74, 6) is -0.177. The summed E-state index contributed by atoms with van der Waals surface area (Å²) in [4.78, 5) is 31.8. The van der Waals surface area contributed by atoms with Crippen LogP contribution in [-0.4, -0.2) is 47.9 Å². The lowest BCUT2D eigenvalue weighted by Crippen LogP contribution is -2.35. The summed E-state index contributed by atoms with van der Waals surface area (Å²) >= 11 is 1.51. The van der Waals surface area contributed by atoms with Crippen molar-refractivity contribution >= 4 is 56.8 Å². The summed E-state index contributed by atoms with van der Waals surface area (Å²) in [7, 11) is 3.92. The molecule has 0 aliphatic carbocycles. The summed E-state index contributed by atoms with van der Waals surface area (Å²) in [6.07, 6.45) is 3.15. The molecule has 0 saturated carbocycles. The first-order valence-electron chi connectivity index (χ1n) is 9.51. The lowest BCUT2D eigenvalue weighted by atomic mass is 10.1. The van der Waals surface area contributed by atoms with Gasteiger partial charge in [-0.15, -0.1) is 12.4 Å². The first-order chi connectivity index (χ1) is 14.2. The van der Waals surface area contributed by atoms with Crippen molar-refractivity contribution in [2.24, 2.45) is 0 Å². The molecule has 1 aromatic heterocycles. The van der Waals surface area contributed by atoms with Crippen LogP contribution in [0.15, 0.2) is 42.5 Å². The molecule has 0 bridgehead atoms. The average molecular weight is 461 g/mol. The lowest BCUT2D eigenvalue weighted by molar-refractivity contribution is -0.384.